The van der Waals surface area contributed by atoms with E-state index in [1.165, 1.54) is 20.8 Å². The lowest BCUT2D eigenvalue weighted by Gasteiger charge is -2.39. The molecule has 0 saturated heterocycles. The van der Waals surface area contributed by atoms with Crippen LogP contribution in [0.25, 0.3) is 0 Å². The topological polar surface area (TPSA) is 130 Å². The number of carboxylic acids is 1. The maximum atomic E-state index is 12.5. The van der Waals surface area contributed by atoms with Crippen LogP contribution in [0.3, 0.4) is 0 Å². The number of hydrogen-bond acceptors (Lipinski definition) is 6. The Morgan fingerprint density at radius 2 is 1.79 bits per heavy atom. The second-order valence-corrected chi connectivity index (χ2v) is 9.09. The average Bonchev–Trinajstić information content (AvgIpc) is 2.62. The number of aliphatic hydroxyl groups excluding tert-OH is 1. The van der Waals surface area contributed by atoms with Crippen molar-refractivity contribution in [3.05, 3.63) is 35.9 Å². The molecule has 2 unspecified atom stereocenters. The minimum absolute atomic E-state index is 0.149. The van der Waals surface area contributed by atoms with Crippen molar-refractivity contribution in [3.63, 3.8) is 0 Å². The average molecular weight is 416 g/mol. The van der Waals surface area contributed by atoms with Crippen molar-refractivity contribution in [3.8, 4) is 0 Å². The second-order valence-electron chi connectivity index (χ2n) is 7.38. The fraction of sp³-hybridized carbons (Fsp3) is 0.579. The number of carboxylic acid groups (broad SMARTS) is 1. The van der Waals surface area contributed by atoms with Gasteiger partial charge in [0.25, 0.3) is 10.1 Å². The summed E-state index contributed by atoms with van der Waals surface area (Å²) in [6, 6.07) is 8.94. The summed E-state index contributed by atoms with van der Waals surface area (Å²) in [7, 11) is -4.03. The van der Waals surface area contributed by atoms with E-state index in [0.29, 0.717) is 0 Å². The molecule has 0 fully saturated rings. The van der Waals surface area contributed by atoms with E-state index in [1.54, 1.807) is 31.2 Å². The van der Waals surface area contributed by atoms with Crippen molar-refractivity contribution >= 4 is 22.0 Å². The minimum Gasteiger partial charge on any atom is -0.479 e. The molecule has 3 atom stereocenters. The summed E-state index contributed by atoms with van der Waals surface area (Å²) in [5.41, 5.74) is -0.641. The van der Waals surface area contributed by atoms with E-state index in [-0.39, 0.29) is 24.6 Å². The number of carbonyl (C=O) groups is 2. The Hall–Kier alpha value is -1.97. The summed E-state index contributed by atoms with van der Waals surface area (Å²) < 4.78 is 30.4. The number of aliphatic carboxylic acids is 1. The zero-order valence-electron chi connectivity index (χ0n) is 16.6. The predicted molar refractivity (Wildman–Crippen MR) is 104 cm³/mol. The number of benzene rings is 1. The summed E-state index contributed by atoms with van der Waals surface area (Å²) >= 11 is 0. The minimum atomic E-state index is -4.03. The van der Waals surface area contributed by atoms with Gasteiger partial charge in [0.05, 0.1) is 11.9 Å². The summed E-state index contributed by atoms with van der Waals surface area (Å²) in [5.74, 6) is -2.57. The fourth-order valence-electron chi connectivity index (χ4n) is 2.98. The molecule has 0 aromatic heterocycles. The molecule has 0 aliphatic heterocycles. The van der Waals surface area contributed by atoms with Crippen LogP contribution in [0.1, 0.15) is 45.6 Å². The molecule has 28 heavy (non-hydrogen) atoms. The van der Waals surface area contributed by atoms with Gasteiger partial charge in [0.1, 0.15) is 0 Å². The molecule has 0 spiro atoms. The summed E-state index contributed by atoms with van der Waals surface area (Å²) in [6.07, 6.45) is -2.79. The molecule has 0 saturated carbocycles. The lowest BCUT2D eigenvalue weighted by Crippen LogP contribution is -2.49. The van der Waals surface area contributed by atoms with E-state index in [2.05, 4.69) is 5.32 Å². The van der Waals surface area contributed by atoms with Crippen molar-refractivity contribution in [1.82, 2.24) is 5.32 Å². The SMILES string of the molecule is CC(=O)NCCCS(=O)(=O)OC(C(C)c1ccccc1)C(C)(C)[C@@H](O)C(=O)O. The van der Waals surface area contributed by atoms with Crippen LogP contribution in [0.15, 0.2) is 30.3 Å². The van der Waals surface area contributed by atoms with Gasteiger partial charge in [-0.1, -0.05) is 51.1 Å². The smallest absolute Gasteiger partial charge is 0.333 e. The van der Waals surface area contributed by atoms with Crippen molar-refractivity contribution in [2.24, 2.45) is 5.41 Å². The van der Waals surface area contributed by atoms with Gasteiger partial charge in [-0.3, -0.25) is 8.98 Å². The van der Waals surface area contributed by atoms with E-state index in [4.69, 9.17) is 4.18 Å². The van der Waals surface area contributed by atoms with Crippen LogP contribution in [0.2, 0.25) is 0 Å². The Balaban J connectivity index is 3.10. The molecule has 1 rings (SSSR count). The highest BCUT2D eigenvalue weighted by Crippen LogP contribution is 2.38. The highest BCUT2D eigenvalue weighted by Gasteiger charge is 2.46. The van der Waals surface area contributed by atoms with Crippen LogP contribution >= 0.6 is 0 Å². The molecule has 0 aliphatic rings. The van der Waals surface area contributed by atoms with E-state index in [1.807, 2.05) is 6.07 Å². The van der Waals surface area contributed by atoms with Gasteiger partial charge in [0.2, 0.25) is 5.91 Å². The third-order valence-electron chi connectivity index (χ3n) is 4.65. The molecule has 158 valence electrons. The summed E-state index contributed by atoms with van der Waals surface area (Å²) in [4.78, 5) is 22.2. The van der Waals surface area contributed by atoms with Crippen LogP contribution in [0.5, 0.6) is 0 Å². The monoisotopic (exact) mass is 415 g/mol. The molecule has 0 bridgehead atoms. The van der Waals surface area contributed by atoms with Gasteiger partial charge >= 0.3 is 5.97 Å². The van der Waals surface area contributed by atoms with Gasteiger partial charge in [-0.25, -0.2) is 4.79 Å². The van der Waals surface area contributed by atoms with Crippen LogP contribution in [0.4, 0.5) is 0 Å². The molecule has 8 nitrogen and oxygen atoms in total. The number of carbonyl (C=O) groups excluding carboxylic acids is 1. The van der Waals surface area contributed by atoms with Crippen LogP contribution in [-0.2, 0) is 23.9 Å². The van der Waals surface area contributed by atoms with Crippen LogP contribution < -0.4 is 5.32 Å². The predicted octanol–water partition coefficient (Wildman–Crippen LogP) is 1.50. The molecule has 0 heterocycles. The van der Waals surface area contributed by atoms with Crippen molar-refractivity contribution in [1.29, 1.82) is 0 Å². The number of rotatable bonds is 11. The first-order valence-corrected chi connectivity index (χ1v) is 10.6. The molecule has 0 aliphatic carbocycles. The number of amides is 1. The first-order valence-electron chi connectivity index (χ1n) is 8.99. The Kier molecular flexibility index (Phi) is 8.59. The molecular formula is C19H29NO7S. The Bertz CT molecular complexity index is 762. The molecule has 1 amide bonds. The summed E-state index contributed by atoms with van der Waals surface area (Å²) in [5, 5.41) is 21.9. The highest BCUT2D eigenvalue weighted by molar-refractivity contribution is 7.86. The molecule has 3 N–H and O–H groups in total. The van der Waals surface area contributed by atoms with Crippen molar-refractivity contribution in [2.75, 3.05) is 12.3 Å². The second kappa shape index (κ2) is 9.99. The van der Waals surface area contributed by atoms with E-state index < -0.39 is 39.6 Å². The third-order valence-corrected chi connectivity index (χ3v) is 5.94. The van der Waals surface area contributed by atoms with Gasteiger partial charge in [-0.15, -0.1) is 0 Å². The Morgan fingerprint density at radius 1 is 1.21 bits per heavy atom. The summed E-state index contributed by atoms with van der Waals surface area (Å²) in [6.45, 7) is 6.16. The molecule has 0 radical (unpaired) electrons. The van der Waals surface area contributed by atoms with Crippen LogP contribution in [0, 0.1) is 5.41 Å². The third kappa shape index (κ3) is 6.88. The number of hydrogen-bond donors (Lipinski definition) is 3. The number of aliphatic hydroxyl groups is 1. The van der Waals surface area contributed by atoms with E-state index in [9.17, 15) is 28.2 Å². The fourth-order valence-corrected chi connectivity index (χ4v) is 4.30. The lowest BCUT2D eigenvalue weighted by atomic mass is 9.74. The Morgan fingerprint density at radius 3 is 2.29 bits per heavy atom. The standard InChI is InChI=1S/C19H29NO7S/c1-13(15-9-6-5-7-10-15)17(19(3,4)16(22)18(23)24)27-28(25,26)12-8-11-20-14(2)21/h5-7,9-10,13,16-17,22H,8,11-12H2,1-4H3,(H,20,21)(H,23,24)/t13?,16-,17?/m0/s1. The quantitative estimate of drug-likeness (QED) is 0.369. The molecule has 9 heteroatoms. The normalized spacial score (nSPS) is 15.5. The van der Waals surface area contributed by atoms with Gasteiger partial charge in [-0.2, -0.15) is 8.42 Å². The lowest BCUT2D eigenvalue weighted by molar-refractivity contribution is -0.158. The van der Waals surface area contributed by atoms with Crippen molar-refractivity contribution in [2.45, 2.75) is 52.2 Å². The first kappa shape index (κ1) is 24.1. The first-order chi connectivity index (χ1) is 12.9. The van der Waals surface area contributed by atoms with Gasteiger partial charge in [0, 0.05) is 24.8 Å². The van der Waals surface area contributed by atoms with Gasteiger partial charge in [-0.05, 0) is 12.0 Å². The zero-order chi connectivity index (χ0) is 21.5. The van der Waals surface area contributed by atoms with Crippen LogP contribution in [-0.4, -0.2) is 55.0 Å². The maximum absolute atomic E-state index is 12.5. The molecule has 1 aromatic carbocycles. The van der Waals surface area contributed by atoms with Gasteiger partial charge < -0.3 is 15.5 Å². The Labute approximate surface area is 166 Å². The number of nitrogens with one attached hydrogen (secondary N) is 1. The molecule has 1 aromatic rings. The van der Waals surface area contributed by atoms with Gasteiger partial charge in [0.15, 0.2) is 6.10 Å². The largest absolute Gasteiger partial charge is 0.479 e. The molecular weight excluding hydrogens is 386 g/mol. The maximum Gasteiger partial charge on any atom is 0.333 e. The van der Waals surface area contributed by atoms with E-state index >= 15 is 0 Å². The highest BCUT2D eigenvalue weighted by atomic mass is 32.2. The zero-order valence-corrected chi connectivity index (χ0v) is 17.4. The van der Waals surface area contributed by atoms with Crippen molar-refractivity contribution < 1.29 is 32.4 Å². The van der Waals surface area contributed by atoms with E-state index in [0.717, 1.165) is 5.56 Å².